The first-order chi connectivity index (χ1) is 15.5. The molecule has 7 nitrogen and oxygen atoms in total. The van der Waals surface area contributed by atoms with Crippen LogP contribution in [0.3, 0.4) is 0 Å². The number of nitrogens with one attached hydrogen (secondary N) is 2. The number of benzene rings is 2. The fraction of sp³-hybridized carbons (Fsp3) is 0.348. The van der Waals surface area contributed by atoms with Crippen LogP contribution in [0.1, 0.15) is 30.5 Å². The van der Waals surface area contributed by atoms with Gasteiger partial charge in [0.1, 0.15) is 18.7 Å². The predicted octanol–water partition coefficient (Wildman–Crippen LogP) is 3.77. The van der Waals surface area contributed by atoms with Crippen LogP contribution in [0, 0.1) is 5.92 Å². The van der Waals surface area contributed by atoms with Gasteiger partial charge >= 0.3 is 18.2 Å². The van der Waals surface area contributed by atoms with Gasteiger partial charge in [0.2, 0.25) is 5.91 Å². The molecule has 0 aliphatic carbocycles. The largest absolute Gasteiger partial charge is 0.480 e. The smallest absolute Gasteiger partial charge is 0.416 e. The fourth-order valence-electron chi connectivity index (χ4n) is 3.00. The summed E-state index contributed by atoms with van der Waals surface area (Å²) in [6.07, 6.45) is -5.81. The van der Waals surface area contributed by atoms with Crippen LogP contribution in [0.2, 0.25) is 0 Å². The van der Waals surface area contributed by atoms with Crippen molar-refractivity contribution in [3.05, 3.63) is 71.3 Å². The number of aliphatic carboxylic acids is 1. The average molecular weight is 466 g/mol. The maximum absolute atomic E-state index is 12.9. The second kappa shape index (κ2) is 11.3. The van der Waals surface area contributed by atoms with E-state index in [0.29, 0.717) is 0 Å². The predicted molar refractivity (Wildman–Crippen MR) is 113 cm³/mol. The highest BCUT2D eigenvalue weighted by molar-refractivity contribution is 5.89. The zero-order valence-electron chi connectivity index (χ0n) is 18.1. The van der Waals surface area contributed by atoms with Crippen LogP contribution in [0.4, 0.5) is 18.0 Å². The molecule has 2 aromatic carbocycles. The fourth-order valence-corrected chi connectivity index (χ4v) is 3.00. The minimum absolute atomic E-state index is 0.0214. The Balaban J connectivity index is 2.03. The molecule has 33 heavy (non-hydrogen) atoms. The van der Waals surface area contributed by atoms with Gasteiger partial charge < -0.3 is 20.5 Å². The summed E-state index contributed by atoms with van der Waals surface area (Å²) in [5.74, 6) is -2.63. The maximum atomic E-state index is 12.9. The summed E-state index contributed by atoms with van der Waals surface area (Å²) in [6.45, 7) is 3.26. The van der Waals surface area contributed by atoms with Crippen molar-refractivity contribution in [2.45, 2.75) is 45.1 Å². The van der Waals surface area contributed by atoms with Gasteiger partial charge in [-0.25, -0.2) is 9.59 Å². The Morgan fingerprint density at radius 3 is 2.18 bits per heavy atom. The highest BCUT2D eigenvalue weighted by Gasteiger charge is 2.32. The number of carboxylic acids is 1. The van der Waals surface area contributed by atoms with Gasteiger partial charge in [0.05, 0.1) is 5.56 Å². The lowest BCUT2D eigenvalue weighted by atomic mass is 10.0. The number of rotatable bonds is 9. The van der Waals surface area contributed by atoms with Crippen LogP contribution in [0.5, 0.6) is 0 Å². The average Bonchev–Trinajstić information content (AvgIpc) is 2.75. The lowest BCUT2D eigenvalue weighted by Crippen LogP contribution is -2.54. The van der Waals surface area contributed by atoms with Crippen LogP contribution in [0.15, 0.2) is 54.6 Å². The van der Waals surface area contributed by atoms with Crippen molar-refractivity contribution >= 4 is 18.0 Å². The number of alkyl halides is 3. The number of hydrogen-bond acceptors (Lipinski definition) is 4. The standard InChI is InChI=1S/C23H25F3N2O5/c1-14(2)19(28-22(32)33-13-15-7-4-3-5-8-15)20(29)27-18(21(30)31)12-16-9-6-10-17(11-16)23(24,25)26/h3-11,14,18-19H,12-13H2,1-2H3,(H,27,29)(H,28,32)(H,30,31)/t18-,19+/m0/s1. The number of hydrogen-bond donors (Lipinski definition) is 3. The molecule has 0 aliphatic rings. The number of carbonyl (C=O) groups is 3. The van der Waals surface area contributed by atoms with Crippen LogP contribution >= 0.6 is 0 Å². The molecule has 2 atom stereocenters. The minimum atomic E-state index is -4.58. The van der Waals surface area contributed by atoms with Crippen LogP contribution in [0.25, 0.3) is 0 Å². The molecule has 0 saturated heterocycles. The molecule has 178 valence electrons. The molecule has 10 heteroatoms. The zero-order chi connectivity index (χ0) is 24.6. The first kappa shape index (κ1) is 25.7. The summed E-state index contributed by atoms with van der Waals surface area (Å²) in [5, 5.41) is 14.2. The minimum Gasteiger partial charge on any atom is -0.480 e. The van der Waals surface area contributed by atoms with E-state index in [1.807, 2.05) is 0 Å². The lowest BCUT2D eigenvalue weighted by Gasteiger charge is -2.24. The van der Waals surface area contributed by atoms with Gasteiger partial charge in [0.25, 0.3) is 0 Å². The van der Waals surface area contributed by atoms with E-state index >= 15 is 0 Å². The Morgan fingerprint density at radius 2 is 1.61 bits per heavy atom. The molecule has 0 bridgehead atoms. The van der Waals surface area contributed by atoms with E-state index < -0.39 is 47.7 Å². The van der Waals surface area contributed by atoms with Crippen LogP contribution < -0.4 is 10.6 Å². The Labute approximate surface area is 188 Å². The summed E-state index contributed by atoms with van der Waals surface area (Å²) < 4.78 is 43.9. The van der Waals surface area contributed by atoms with E-state index in [1.54, 1.807) is 44.2 Å². The van der Waals surface area contributed by atoms with Gasteiger partial charge in [-0.1, -0.05) is 62.4 Å². The molecule has 2 aromatic rings. The molecule has 0 spiro atoms. The van der Waals surface area contributed by atoms with Crippen molar-refractivity contribution in [3.8, 4) is 0 Å². The third-order valence-electron chi connectivity index (χ3n) is 4.74. The molecule has 0 saturated carbocycles. The van der Waals surface area contributed by atoms with E-state index in [-0.39, 0.29) is 18.6 Å². The second-order valence-corrected chi connectivity index (χ2v) is 7.73. The van der Waals surface area contributed by atoms with Gasteiger partial charge in [-0.3, -0.25) is 4.79 Å². The number of carboxylic acid groups (broad SMARTS) is 1. The molecular formula is C23H25F3N2O5. The quantitative estimate of drug-likeness (QED) is 0.522. The van der Waals surface area contributed by atoms with Gasteiger partial charge in [-0.15, -0.1) is 0 Å². The molecular weight excluding hydrogens is 441 g/mol. The van der Waals surface area contributed by atoms with Crippen molar-refractivity contribution in [1.29, 1.82) is 0 Å². The van der Waals surface area contributed by atoms with Crippen LogP contribution in [-0.4, -0.2) is 35.2 Å². The molecule has 0 aromatic heterocycles. The molecule has 2 amide bonds. The zero-order valence-corrected chi connectivity index (χ0v) is 18.1. The molecule has 0 heterocycles. The highest BCUT2D eigenvalue weighted by Crippen LogP contribution is 2.29. The number of alkyl carbamates (subject to hydrolysis) is 1. The molecule has 0 radical (unpaired) electrons. The number of halogens is 3. The SMILES string of the molecule is CC(C)[C@@H](NC(=O)OCc1ccccc1)C(=O)N[C@@H](Cc1cccc(C(F)(F)F)c1)C(=O)O. The van der Waals surface area contributed by atoms with E-state index in [4.69, 9.17) is 4.74 Å². The summed E-state index contributed by atoms with van der Waals surface area (Å²) >= 11 is 0. The lowest BCUT2D eigenvalue weighted by molar-refractivity contribution is -0.142. The first-order valence-electron chi connectivity index (χ1n) is 10.1. The third-order valence-corrected chi connectivity index (χ3v) is 4.74. The Morgan fingerprint density at radius 1 is 0.970 bits per heavy atom. The third kappa shape index (κ3) is 8.13. The number of amides is 2. The Bertz CT molecular complexity index is 964. The second-order valence-electron chi connectivity index (χ2n) is 7.73. The summed E-state index contributed by atoms with van der Waals surface area (Å²) in [7, 11) is 0. The molecule has 2 rings (SSSR count). The van der Waals surface area contributed by atoms with Gasteiger partial charge in [-0.2, -0.15) is 13.2 Å². The number of ether oxygens (including phenoxy) is 1. The van der Waals surface area contributed by atoms with Crippen molar-refractivity contribution in [3.63, 3.8) is 0 Å². The van der Waals surface area contributed by atoms with E-state index in [1.165, 1.54) is 12.1 Å². The summed E-state index contributed by atoms with van der Waals surface area (Å²) in [4.78, 5) is 36.5. The van der Waals surface area contributed by atoms with Gasteiger partial charge in [0, 0.05) is 6.42 Å². The van der Waals surface area contributed by atoms with E-state index in [2.05, 4.69) is 10.6 Å². The monoisotopic (exact) mass is 466 g/mol. The molecule has 3 N–H and O–H groups in total. The van der Waals surface area contributed by atoms with Crippen molar-refractivity contribution < 1.29 is 37.4 Å². The molecule has 0 aliphatic heterocycles. The Kier molecular flexibility index (Phi) is 8.84. The van der Waals surface area contributed by atoms with Crippen LogP contribution in [-0.2, 0) is 33.5 Å². The number of carbonyl (C=O) groups excluding carboxylic acids is 2. The van der Waals surface area contributed by atoms with E-state index in [9.17, 15) is 32.7 Å². The molecule has 0 unspecified atom stereocenters. The normalized spacial score (nSPS) is 13.2. The topological polar surface area (TPSA) is 105 Å². The van der Waals surface area contributed by atoms with E-state index in [0.717, 1.165) is 17.7 Å². The van der Waals surface area contributed by atoms with Gasteiger partial charge in [-0.05, 0) is 23.1 Å². The molecule has 0 fully saturated rings. The maximum Gasteiger partial charge on any atom is 0.416 e. The van der Waals surface area contributed by atoms with Crippen molar-refractivity contribution in [1.82, 2.24) is 10.6 Å². The summed E-state index contributed by atoms with van der Waals surface area (Å²) in [5.41, 5.74) is -0.0857. The Hall–Kier alpha value is -3.56. The summed E-state index contributed by atoms with van der Waals surface area (Å²) in [6, 6.07) is 10.5. The van der Waals surface area contributed by atoms with Crippen molar-refractivity contribution in [2.75, 3.05) is 0 Å². The first-order valence-corrected chi connectivity index (χ1v) is 10.1. The highest BCUT2D eigenvalue weighted by atomic mass is 19.4. The van der Waals surface area contributed by atoms with Crippen molar-refractivity contribution in [2.24, 2.45) is 5.92 Å². The van der Waals surface area contributed by atoms with Gasteiger partial charge in [0.15, 0.2) is 0 Å².